The lowest BCUT2D eigenvalue weighted by Gasteiger charge is -2.18. The molecule has 106 valence electrons. The lowest BCUT2D eigenvalue weighted by molar-refractivity contribution is 0.411. The minimum atomic E-state index is -0.557. The molecule has 2 rings (SSSR count). The Balaban J connectivity index is 2.50. The molecule has 20 heavy (non-hydrogen) atoms. The SMILES string of the molecule is COc1cc(C)c(C(N)c2cc(Cl)ccc2F)cc1C. The van der Waals surface area contributed by atoms with Crippen molar-refractivity contribution in [3.63, 3.8) is 0 Å². The molecule has 1 unspecified atom stereocenters. The molecule has 0 aliphatic carbocycles. The Bertz CT molecular complexity index is 643. The van der Waals surface area contributed by atoms with Gasteiger partial charge in [-0.2, -0.15) is 0 Å². The van der Waals surface area contributed by atoms with E-state index in [-0.39, 0.29) is 5.82 Å². The van der Waals surface area contributed by atoms with E-state index in [1.807, 2.05) is 26.0 Å². The van der Waals surface area contributed by atoms with E-state index in [0.717, 1.165) is 22.4 Å². The van der Waals surface area contributed by atoms with Crippen LogP contribution in [-0.4, -0.2) is 7.11 Å². The second-order valence-corrected chi connectivity index (χ2v) is 5.26. The van der Waals surface area contributed by atoms with Crippen molar-refractivity contribution < 1.29 is 9.13 Å². The van der Waals surface area contributed by atoms with Gasteiger partial charge in [0.05, 0.1) is 13.2 Å². The highest BCUT2D eigenvalue weighted by Crippen LogP contribution is 2.31. The summed E-state index contributed by atoms with van der Waals surface area (Å²) >= 11 is 5.92. The molecule has 0 aliphatic rings. The summed E-state index contributed by atoms with van der Waals surface area (Å²) in [7, 11) is 1.62. The monoisotopic (exact) mass is 293 g/mol. The Morgan fingerprint density at radius 3 is 2.45 bits per heavy atom. The maximum Gasteiger partial charge on any atom is 0.128 e. The Hall–Kier alpha value is -1.58. The molecule has 0 aromatic heterocycles. The highest BCUT2D eigenvalue weighted by Gasteiger charge is 2.17. The van der Waals surface area contributed by atoms with Gasteiger partial charge in [-0.1, -0.05) is 17.7 Å². The van der Waals surface area contributed by atoms with Crippen LogP contribution in [-0.2, 0) is 0 Å². The van der Waals surface area contributed by atoms with Crippen molar-refractivity contribution in [2.24, 2.45) is 5.73 Å². The van der Waals surface area contributed by atoms with E-state index in [9.17, 15) is 4.39 Å². The zero-order chi connectivity index (χ0) is 14.9. The highest BCUT2D eigenvalue weighted by atomic mass is 35.5. The van der Waals surface area contributed by atoms with Crippen LogP contribution in [0.15, 0.2) is 30.3 Å². The topological polar surface area (TPSA) is 35.2 Å². The van der Waals surface area contributed by atoms with E-state index < -0.39 is 6.04 Å². The molecule has 0 heterocycles. The number of benzene rings is 2. The molecule has 0 spiro atoms. The lowest BCUT2D eigenvalue weighted by Crippen LogP contribution is -2.15. The number of nitrogens with two attached hydrogens (primary N) is 1. The van der Waals surface area contributed by atoms with Crippen LogP contribution < -0.4 is 10.5 Å². The standard InChI is InChI=1S/C16H17ClFNO/c1-9-7-15(20-3)10(2)6-12(9)16(19)13-8-11(17)4-5-14(13)18/h4-8,16H,19H2,1-3H3. The molecule has 2 aromatic carbocycles. The van der Waals surface area contributed by atoms with Crippen LogP contribution in [0.1, 0.15) is 28.3 Å². The van der Waals surface area contributed by atoms with Gasteiger partial charge in [-0.3, -0.25) is 0 Å². The average molecular weight is 294 g/mol. The molecule has 2 aromatic rings. The first-order valence-corrected chi connectivity index (χ1v) is 6.67. The summed E-state index contributed by atoms with van der Waals surface area (Å²) in [5, 5.41) is 0.472. The van der Waals surface area contributed by atoms with Crippen molar-refractivity contribution >= 4 is 11.6 Å². The van der Waals surface area contributed by atoms with E-state index in [1.165, 1.54) is 12.1 Å². The average Bonchev–Trinajstić information content (AvgIpc) is 2.42. The first-order valence-electron chi connectivity index (χ1n) is 6.29. The molecule has 0 saturated carbocycles. The van der Waals surface area contributed by atoms with Crippen LogP contribution in [0.2, 0.25) is 5.02 Å². The molecule has 0 saturated heterocycles. The Morgan fingerprint density at radius 1 is 1.10 bits per heavy atom. The second kappa shape index (κ2) is 5.81. The first-order chi connectivity index (χ1) is 9.43. The quantitative estimate of drug-likeness (QED) is 0.922. The number of ether oxygens (including phenoxy) is 1. The first kappa shape index (κ1) is 14.8. The summed E-state index contributed by atoms with van der Waals surface area (Å²) in [6.45, 7) is 3.86. The lowest BCUT2D eigenvalue weighted by atomic mass is 9.93. The van der Waals surface area contributed by atoms with E-state index in [1.54, 1.807) is 13.2 Å². The Morgan fingerprint density at radius 2 is 1.80 bits per heavy atom. The maximum absolute atomic E-state index is 13.9. The summed E-state index contributed by atoms with van der Waals surface area (Å²) < 4.78 is 19.2. The van der Waals surface area contributed by atoms with Gasteiger partial charge < -0.3 is 10.5 Å². The van der Waals surface area contributed by atoms with Crippen LogP contribution in [0.25, 0.3) is 0 Å². The van der Waals surface area contributed by atoms with E-state index in [2.05, 4.69) is 0 Å². The fourth-order valence-corrected chi connectivity index (χ4v) is 2.47. The van der Waals surface area contributed by atoms with Crippen molar-refractivity contribution in [2.45, 2.75) is 19.9 Å². The van der Waals surface area contributed by atoms with Gasteiger partial charge in [0.2, 0.25) is 0 Å². The van der Waals surface area contributed by atoms with Crippen LogP contribution in [0.5, 0.6) is 5.75 Å². The largest absolute Gasteiger partial charge is 0.496 e. The van der Waals surface area contributed by atoms with E-state index in [0.29, 0.717) is 10.6 Å². The molecule has 0 radical (unpaired) electrons. The molecule has 0 fully saturated rings. The van der Waals surface area contributed by atoms with Gasteiger partial charge in [-0.05, 0) is 54.8 Å². The fraction of sp³-hybridized carbons (Fsp3) is 0.250. The summed E-state index contributed by atoms with van der Waals surface area (Å²) in [5.74, 6) is 0.444. The third-order valence-corrected chi connectivity index (χ3v) is 3.65. The number of halogens is 2. The van der Waals surface area contributed by atoms with Crippen molar-refractivity contribution in [1.82, 2.24) is 0 Å². The molecule has 4 heteroatoms. The van der Waals surface area contributed by atoms with Crippen LogP contribution >= 0.6 is 11.6 Å². The fourth-order valence-electron chi connectivity index (χ4n) is 2.29. The normalized spacial score (nSPS) is 12.3. The van der Waals surface area contributed by atoms with Crippen LogP contribution in [0.4, 0.5) is 4.39 Å². The Labute approximate surface area is 123 Å². The van der Waals surface area contributed by atoms with E-state index >= 15 is 0 Å². The minimum Gasteiger partial charge on any atom is -0.496 e. The van der Waals surface area contributed by atoms with E-state index in [4.69, 9.17) is 22.1 Å². The number of hydrogen-bond acceptors (Lipinski definition) is 2. The summed E-state index contributed by atoms with van der Waals surface area (Å²) in [6.07, 6.45) is 0. The third kappa shape index (κ3) is 2.79. The molecule has 2 N–H and O–H groups in total. The van der Waals surface area contributed by atoms with Gasteiger partial charge in [0.1, 0.15) is 11.6 Å². The van der Waals surface area contributed by atoms with Crippen LogP contribution in [0, 0.1) is 19.7 Å². The van der Waals surface area contributed by atoms with Gasteiger partial charge in [0.25, 0.3) is 0 Å². The second-order valence-electron chi connectivity index (χ2n) is 4.82. The molecule has 1 atom stereocenters. The zero-order valence-electron chi connectivity index (χ0n) is 11.7. The molecule has 0 bridgehead atoms. The van der Waals surface area contributed by atoms with Gasteiger partial charge in [-0.25, -0.2) is 4.39 Å². The third-order valence-electron chi connectivity index (χ3n) is 3.41. The summed E-state index contributed by atoms with van der Waals surface area (Å²) in [6, 6.07) is 7.70. The number of methoxy groups -OCH3 is 1. The molecular formula is C16H17ClFNO. The van der Waals surface area contributed by atoms with Gasteiger partial charge in [0, 0.05) is 10.6 Å². The minimum absolute atomic E-state index is 0.352. The van der Waals surface area contributed by atoms with Crippen molar-refractivity contribution in [1.29, 1.82) is 0 Å². The van der Waals surface area contributed by atoms with Gasteiger partial charge in [-0.15, -0.1) is 0 Å². The highest BCUT2D eigenvalue weighted by molar-refractivity contribution is 6.30. The Kier molecular flexibility index (Phi) is 4.31. The molecule has 0 aliphatic heterocycles. The van der Waals surface area contributed by atoms with Gasteiger partial charge in [0.15, 0.2) is 0 Å². The van der Waals surface area contributed by atoms with Gasteiger partial charge >= 0.3 is 0 Å². The number of hydrogen-bond donors (Lipinski definition) is 1. The number of rotatable bonds is 3. The predicted octanol–water partition coefficient (Wildman–Crippen LogP) is 4.15. The summed E-state index contributed by atoms with van der Waals surface area (Å²) in [5.41, 5.74) is 9.39. The van der Waals surface area contributed by atoms with Crippen LogP contribution in [0.3, 0.4) is 0 Å². The molecule has 2 nitrogen and oxygen atoms in total. The maximum atomic E-state index is 13.9. The van der Waals surface area contributed by atoms with Crippen molar-refractivity contribution in [3.8, 4) is 5.75 Å². The number of aryl methyl sites for hydroxylation is 2. The zero-order valence-corrected chi connectivity index (χ0v) is 12.5. The van der Waals surface area contributed by atoms with Crippen molar-refractivity contribution in [3.05, 3.63) is 63.4 Å². The predicted molar refractivity (Wildman–Crippen MR) is 79.9 cm³/mol. The van der Waals surface area contributed by atoms with Crippen molar-refractivity contribution in [2.75, 3.05) is 7.11 Å². The smallest absolute Gasteiger partial charge is 0.128 e. The summed E-state index contributed by atoms with van der Waals surface area (Å²) in [4.78, 5) is 0. The molecular weight excluding hydrogens is 277 g/mol. The molecule has 0 amide bonds.